The second-order valence-corrected chi connectivity index (χ2v) is 8.22. The number of nitrogen functional groups attached to an aromatic ring is 2. The molecule has 10 nitrogen and oxygen atoms in total. The van der Waals surface area contributed by atoms with Gasteiger partial charge in [-0.1, -0.05) is 17.7 Å². The van der Waals surface area contributed by atoms with Gasteiger partial charge in [-0.15, -0.1) is 0 Å². The summed E-state index contributed by atoms with van der Waals surface area (Å²) in [5, 5.41) is 9.08. The van der Waals surface area contributed by atoms with Gasteiger partial charge in [0.2, 0.25) is 5.95 Å². The molecule has 4 aromatic rings. The number of hydrogen-bond acceptors (Lipinski definition) is 8. The van der Waals surface area contributed by atoms with Gasteiger partial charge in [-0.05, 0) is 30.9 Å². The largest absolute Gasteiger partial charge is 0.417 e. The number of aromatic amines is 1. The van der Waals surface area contributed by atoms with Crippen LogP contribution in [-0.2, 0) is 6.18 Å². The van der Waals surface area contributed by atoms with Crippen molar-refractivity contribution in [1.29, 1.82) is 0 Å². The summed E-state index contributed by atoms with van der Waals surface area (Å²) < 4.78 is 42.2. The number of anilines is 3. The minimum atomic E-state index is -4.74. The molecular weight excluding hydrogens is 475 g/mol. The van der Waals surface area contributed by atoms with Crippen LogP contribution in [0.25, 0.3) is 16.7 Å². The average Bonchev–Trinajstić information content (AvgIpc) is 3.47. The Morgan fingerprint density at radius 3 is 2.59 bits per heavy atom. The van der Waals surface area contributed by atoms with Gasteiger partial charge in [-0.25, -0.2) is 9.55 Å². The Hall–Kier alpha value is -3.87. The number of H-pyrrole nitrogens is 1. The lowest BCUT2D eigenvalue weighted by Crippen LogP contribution is -2.31. The molecule has 3 aromatic heterocycles. The van der Waals surface area contributed by atoms with Crippen LogP contribution in [0.3, 0.4) is 0 Å². The van der Waals surface area contributed by atoms with Crippen molar-refractivity contribution < 1.29 is 13.2 Å². The summed E-state index contributed by atoms with van der Waals surface area (Å²) in [5.74, 6) is 0.280. The molecule has 5 rings (SSSR count). The van der Waals surface area contributed by atoms with Crippen molar-refractivity contribution in [3.63, 3.8) is 0 Å². The molecule has 6 N–H and O–H groups in total. The summed E-state index contributed by atoms with van der Waals surface area (Å²) in [4.78, 5) is 25.9. The summed E-state index contributed by atoms with van der Waals surface area (Å²) in [6.45, 7) is 0. The number of nitrogens with one attached hydrogen (secondary N) is 2. The summed E-state index contributed by atoms with van der Waals surface area (Å²) >= 11 is 6.26. The van der Waals surface area contributed by atoms with E-state index in [9.17, 15) is 18.0 Å². The van der Waals surface area contributed by atoms with E-state index in [1.165, 1.54) is 24.4 Å². The van der Waals surface area contributed by atoms with Crippen molar-refractivity contribution in [1.82, 2.24) is 29.7 Å². The first-order valence-electron chi connectivity index (χ1n) is 10.1. The molecule has 1 aromatic carbocycles. The van der Waals surface area contributed by atoms with E-state index < -0.39 is 28.7 Å². The van der Waals surface area contributed by atoms with E-state index >= 15 is 0 Å². The van der Waals surface area contributed by atoms with E-state index in [1.807, 2.05) is 0 Å². The van der Waals surface area contributed by atoms with E-state index in [-0.39, 0.29) is 45.7 Å². The molecule has 1 fully saturated rings. The van der Waals surface area contributed by atoms with E-state index in [0.29, 0.717) is 0 Å². The van der Waals surface area contributed by atoms with Crippen molar-refractivity contribution in [3.8, 4) is 5.82 Å². The van der Waals surface area contributed by atoms with E-state index in [2.05, 4.69) is 30.5 Å². The van der Waals surface area contributed by atoms with Crippen LogP contribution in [0, 0.1) is 5.92 Å². The predicted octanol–water partition coefficient (Wildman–Crippen LogP) is 3.30. The lowest BCUT2D eigenvalue weighted by atomic mass is 10.1. The maximum atomic E-state index is 13.7. The molecule has 0 amide bonds. The van der Waals surface area contributed by atoms with Gasteiger partial charge in [0, 0.05) is 6.07 Å². The number of benzene rings is 1. The standard InChI is InChI=1S/C20H17ClF3N9O/c21-13-15(25)30-19(26)31-16(13)29-14(8-4-5-8)17-28-10-3-1-2-9(20(22,23)24)12(10)18(34)33(17)11-6-7-27-32-11/h1-3,6-8,14H,4-5H2,(H,27,32)(H5,25,26,29,30,31). The fourth-order valence-electron chi connectivity index (χ4n) is 3.85. The second-order valence-electron chi connectivity index (χ2n) is 7.84. The zero-order valence-electron chi connectivity index (χ0n) is 17.3. The Balaban J connectivity index is 1.77. The molecule has 3 heterocycles. The Morgan fingerprint density at radius 1 is 1.18 bits per heavy atom. The Bertz CT molecular complexity index is 1450. The highest BCUT2D eigenvalue weighted by Gasteiger charge is 2.39. The third kappa shape index (κ3) is 3.77. The predicted molar refractivity (Wildman–Crippen MR) is 119 cm³/mol. The molecule has 34 heavy (non-hydrogen) atoms. The lowest BCUT2D eigenvalue weighted by molar-refractivity contribution is -0.136. The van der Waals surface area contributed by atoms with Crippen LogP contribution in [0.15, 0.2) is 35.3 Å². The first kappa shape index (κ1) is 21.9. The van der Waals surface area contributed by atoms with Gasteiger partial charge in [0.1, 0.15) is 22.5 Å². The molecular formula is C20H17ClF3N9O. The van der Waals surface area contributed by atoms with Gasteiger partial charge in [0.25, 0.3) is 5.56 Å². The Labute approximate surface area is 194 Å². The molecule has 1 aliphatic rings. The monoisotopic (exact) mass is 491 g/mol. The van der Waals surface area contributed by atoms with Gasteiger partial charge >= 0.3 is 6.18 Å². The summed E-state index contributed by atoms with van der Waals surface area (Å²) in [6, 6.07) is 4.24. The summed E-state index contributed by atoms with van der Waals surface area (Å²) in [6.07, 6.45) is -1.80. The number of halogens is 4. The third-order valence-electron chi connectivity index (χ3n) is 5.51. The van der Waals surface area contributed by atoms with Crippen LogP contribution in [0.4, 0.5) is 30.8 Å². The number of fused-ring (bicyclic) bond motifs is 1. The van der Waals surface area contributed by atoms with Crippen LogP contribution in [0.5, 0.6) is 0 Å². The molecule has 1 unspecified atom stereocenters. The minimum absolute atomic E-state index is 0.00204. The lowest BCUT2D eigenvalue weighted by Gasteiger charge is -2.23. The van der Waals surface area contributed by atoms with Crippen LogP contribution >= 0.6 is 11.6 Å². The van der Waals surface area contributed by atoms with Gasteiger partial charge < -0.3 is 16.8 Å². The molecule has 0 aliphatic heterocycles. The smallest absolute Gasteiger partial charge is 0.382 e. The molecule has 0 bridgehead atoms. The average molecular weight is 492 g/mol. The van der Waals surface area contributed by atoms with E-state index in [4.69, 9.17) is 23.1 Å². The highest BCUT2D eigenvalue weighted by Crippen LogP contribution is 2.44. The number of hydrogen-bond donors (Lipinski definition) is 4. The minimum Gasteiger partial charge on any atom is -0.382 e. The Morgan fingerprint density at radius 2 is 1.94 bits per heavy atom. The fourth-order valence-corrected chi connectivity index (χ4v) is 3.99. The zero-order chi connectivity index (χ0) is 24.2. The molecule has 14 heteroatoms. The van der Waals surface area contributed by atoms with E-state index in [0.717, 1.165) is 23.5 Å². The molecule has 0 radical (unpaired) electrons. The van der Waals surface area contributed by atoms with Crippen LogP contribution in [0.2, 0.25) is 5.02 Å². The number of alkyl halides is 3. The zero-order valence-corrected chi connectivity index (χ0v) is 18.0. The highest BCUT2D eigenvalue weighted by molar-refractivity contribution is 6.35. The fraction of sp³-hybridized carbons (Fsp3) is 0.250. The molecule has 0 saturated heterocycles. The van der Waals surface area contributed by atoms with E-state index in [1.54, 1.807) is 0 Å². The van der Waals surface area contributed by atoms with Crippen LogP contribution in [-0.4, -0.2) is 29.7 Å². The van der Waals surface area contributed by atoms with Crippen molar-refractivity contribution in [2.24, 2.45) is 5.92 Å². The molecule has 1 atom stereocenters. The van der Waals surface area contributed by atoms with Gasteiger partial charge in [0.15, 0.2) is 5.82 Å². The van der Waals surface area contributed by atoms with Gasteiger partial charge in [-0.3, -0.25) is 9.89 Å². The maximum absolute atomic E-state index is 13.7. The number of nitrogens with two attached hydrogens (primary N) is 2. The van der Waals surface area contributed by atoms with Crippen molar-refractivity contribution in [3.05, 3.63) is 57.2 Å². The molecule has 176 valence electrons. The Kier molecular flexibility index (Phi) is 5.08. The summed E-state index contributed by atoms with van der Waals surface area (Å²) in [7, 11) is 0. The van der Waals surface area contributed by atoms with Gasteiger partial charge in [0.05, 0.1) is 28.7 Å². The van der Waals surface area contributed by atoms with Crippen LogP contribution < -0.4 is 22.3 Å². The number of nitrogens with zero attached hydrogens (tertiary/aromatic N) is 5. The SMILES string of the molecule is Nc1nc(N)c(Cl)c(NC(c2nc3cccc(C(F)(F)F)c3c(=O)n2-c2ccn[nH]2)C2CC2)n1. The molecule has 0 spiro atoms. The first-order valence-corrected chi connectivity index (χ1v) is 10.5. The van der Waals surface area contributed by atoms with Gasteiger partial charge in [-0.2, -0.15) is 28.2 Å². The maximum Gasteiger partial charge on any atom is 0.417 e. The van der Waals surface area contributed by atoms with Crippen molar-refractivity contribution >= 4 is 40.1 Å². The second kappa shape index (κ2) is 7.87. The number of rotatable bonds is 5. The molecule has 1 saturated carbocycles. The normalized spacial score (nSPS) is 14.9. The highest BCUT2D eigenvalue weighted by atomic mass is 35.5. The van der Waals surface area contributed by atoms with Crippen LogP contribution in [0.1, 0.15) is 30.3 Å². The topological polar surface area (TPSA) is 153 Å². The summed E-state index contributed by atoms with van der Waals surface area (Å²) in [5.41, 5.74) is 9.45. The molecule has 1 aliphatic carbocycles. The number of aromatic nitrogens is 6. The third-order valence-corrected chi connectivity index (χ3v) is 5.89. The van der Waals surface area contributed by atoms with Crippen molar-refractivity contribution in [2.45, 2.75) is 25.1 Å². The van der Waals surface area contributed by atoms with Crippen molar-refractivity contribution in [2.75, 3.05) is 16.8 Å². The first-order chi connectivity index (χ1) is 16.1. The quantitative estimate of drug-likeness (QED) is 0.331.